The molecule has 1 aliphatic rings. The molecule has 0 unspecified atom stereocenters. The summed E-state index contributed by atoms with van der Waals surface area (Å²) < 4.78 is 16.7. The molecule has 180 valence electrons. The van der Waals surface area contributed by atoms with E-state index in [1.807, 2.05) is 53.4 Å². The van der Waals surface area contributed by atoms with Crippen molar-refractivity contribution in [2.75, 3.05) is 27.3 Å². The number of carbonyl (C=O) groups excluding carboxylic acids is 1. The maximum Gasteiger partial charge on any atom is 0.253 e. The lowest BCUT2D eigenvalue weighted by atomic mass is 9.95. The number of methoxy groups -OCH3 is 2. The van der Waals surface area contributed by atoms with Gasteiger partial charge in [0.05, 0.1) is 25.3 Å². The van der Waals surface area contributed by atoms with Gasteiger partial charge in [0.25, 0.3) is 5.91 Å². The molecule has 0 saturated carbocycles. The van der Waals surface area contributed by atoms with Crippen LogP contribution in [0, 0.1) is 0 Å². The highest BCUT2D eigenvalue weighted by Crippen LogP contribution is 2.32. The molecule has 1 saturated heterocycles. The van der Waals surface area contributed by atoms with Gasteiger partial charge in [-0.05, 0) is 60.9 Å². The number of fused-ring (bicyclic) bond motifs is 1. The SMILES string of the molecule is COc1ccc(COc2ccc(C(=O)N3CCC(c4nc5ccccc5[nH]4)CC3)cc2OC)cc1. The third-order valence-corrected chi connectivity index (χ3v) is 6.54. The van der Waals surface area contributed by atoms with Gasteiger partial charge in [-0.15, -0.1) is 0 Å². The van der Waals surface area contributed by atoms with E-state index in [1.54, 1.807) is 32.4 Å². The number of carbonyl (C=O) groups is 1. The Kier molecular flexibility index (Phi) is 6.57. The molecule has 0 bridgehead atoms. The van der Waals surface area contributed by atoms with Gasteiger partial charge in [-0.2, -0.15) is 0 Å². The maximum atomic E-state index is 13.2. The summed E-state index contributed by atoms with van der Waals surface area (Å²) in [6.07, 6.45) is 1.76. The molecule has 3 aromatic carbocycles. The molecular formula is C28H29N3O4. The van der Waals surface area contributed by atoms with Crippen molar-refractivity contribution >= 4 is 16.9 Å². The number of benzene rings is 3. The lowest BCUT2D eigenvalue weighted by molar-refractivity contribution is 0.0711. The molecule has 7 nitrogen and oxygen atoms in total. The first-order valence-electron chi connectivity index (χ1n) is 11.8. The van der Waals surface area contributed by atoms with E-state index in [4.69, 9.17) is 19.2 Å². The summed E-state index contributed by atoms with van der Waals surface area (Å²) >= 11 is 0. The zero-order valence-electron chi connectivity index (χ0n) is 20.0. The Balaban J connectivity index is 1.21. The maximum absolute atomic E-state index is 13.2. The number of nitrogens with one attached hydrogen (secondary N) is 1. The molecule has 1 aliphatic heterocycles. The van der Waals surface area contributed by atoms with Gasteiger partial charge in [-0.25, -0.2) is 4.98 Å². The zero-order valence-corrected chi connectivity index (χ0v) is 20.0. The largest absolute Gasteiger partial charge is 0.497 e. The molecule has 1 aromatic heterocycles. The van der Waals surface area contributed by atoms with Crippen molar-refractivity contribution in [3.63, 3.8) is 0 Å². The summed E-state index contributed by atoms with van der Waals surface area (Å²) in [6.45, 7) is 1.78. The quantitative estimate of drug-likeness (QED) is 0.402. The van der Waals surface area contributed by atoms with Crippen LogP contribution in [0.15, 0.2) is 66.7 Å². The second-order valence-electron chi connectivity index (χ2n) is 8.71. The average molecular weight is 472 g/mol. The molecule has 7 heteroatoms. The Morgan fingerprint density at radius 3 is 2.46 bits per heavy atom. The van der Waals surface area contributed by atoms with Crippen molar-refractivity contribution in [1.29, 1.82) is 0 Å². The Labute approximate surface area is 204 Å². The van der Waals surface area contributed by atoms with E-state index in [1.165, 1.54) is 0 Å². The standard InChI is InChI=1S/C28H29N3O4/c1-33-22-10-7-19(8-11-22)18-35-25-12-9-21(17-26(25)34-2)28(32)31-15-13-20(14-16-31)27-29-23-5-3-4-6-24(23)30-27/h3-12,17,20H,13-16,18H2,1-2H3,(H,29,30). The lowest BCUT2D eigenvalue weighted by Gasteiger charge is -2.31. The molecule has 4 aromatic rings. The molecule has 0 atom stereocenters. The van der Waals surface area contributed by atoms with E-state index in [0.717, 1.165) is 41.0 Å². The number of amides is 1. The monoisotopic (exact) mass is 471 g/mol. The van der Waals surface area contributed by atoms with Crippen LogP contribution >= 0.6 is 0 Å². The van der Waals surface area contributed by atoms with Crippen LogP contribution in [0.25, 0.3) is 11.0 Å². The predicted octanol–water partition coefficient (Wildman–Crippen LogP) is 5.18. The molecule has 5 rings (SSSR count). The first-order valence-corrected chi connectivity index (χ1v) is 11.8. The molecule has 0 aliphatic carbocycles. The molecule has 35 heavy (non-hydrogen) atoms. The van der Waals surface area contributed by atoms with Crippen LogP contribution < -0.4 is 14.2 Å². The van der Waals surface area contributed by atoms with Crippen LogP contribution in [-0.4, -0.2) is 48.1 Å². The van der Waals surface area contributed by atoms with Crippen LogP contribution in [0.1, 0.15) is 40.5 Å². The van der Waals surface area contributed by atoms with E-state index < -0.39 is 0 Å². The van der Waals surface area contributed by atoms with E-state index in [2.05, 4.69) is 4.98 Å². The van der Waals surface area contributed by atoms with Crippen molar-refractivity contribution in [1.82, 2.24) is 14.9 Å². The van der Waals surface area contributed by atoms with Crippen molar-refractivity contribution in [2.45, 2.75) is 25.4 Å². The Bertz CT molecular complexity index is 1270. The minimum Gasteiger partial charge on any atom is -0.497 e. The van der Waals surface area contributed by atoms with Crippen LogP contribution in [0.2, 0.25) is 0 Å². The second kappa shape index (κ2) is 10.1. The number of imidazole rings is 1. The molecule has 0 spiro atoms. The number of piperidine rings is 1. The van der Waals surface area contributed by atoms with E-state index in [-0.39, 0.29) is 5.91 Å². The molecule has 1 amide bonds. The lowest BCUT2D eigenvalue weighted by Crippen LogP contribution is -2.38. The average Bonchev–Trinajstić information content (AvgIpc) is 3.36. The summed E-state index contributed by atoms with van der Waals surface area (Å²) in [6, 6.07) is 21.1. The van der Waals surface area contributed by atoms with Crippen molar-refractivity contribution < 1.29 is 19.0 Å². The highest BCUT2D eigenvalue weighted by molar-refractivity contribution is 5.95. The molecule has 2 heterocycles. The van der Waals surface area contributed by atoms with Crippen molar-refractivity contribution in [3.05, 3.63) is 83.7 Å². The number of para-hydroxylation sites is 2. The van der Waals surface area contributed by atoms with Gasteiger partial charge < -0.3 is 24.1 Å². The summed E-state index contributed by atoms with van der Waals surface area (Å²) in [5.74, 6) is 3.29. The van der Waals surface area contributed by atoms with Crippen LogP contribution in [-0.2, 0) is 6.61 Å². The Morgan fingerprint density at radius 1 is 0.971 bits per heavy atom. The van der Waals surface area contributed by atoms with E-state index >= 15 is 0 Å². The number of hydrogen-bond donors (Lipinski definition) is 1. The fourth-order valence-electron chi connectivity index (χ4n) is 4.51. The highest BCUT2D eigenvalue weighted by Gasteiger charge is 2.27. The first-order chi connectivity index (χ1) is 17.1. The predicted molar refractivity (Wildman–Crippen MR) is 134 cm³/mol. The first kappa shape index (κ1) is 22.8. The summed E-state index contributed by atoms with van der Waals surface area (Å²) in [5.41, 5.74) is 3.66. The van der Waals surface area contributed by atoms with E-state index in [0.29, 0.717) is 42.7 Å². The smallest absolute Gasteiger partial charge is 0.253 e. The number of nitrogens with zero attached hydrogens (tertiary/aromatic N) is 2. The van der Waals surface area contributed by atoms with Crippen molar-refractivity contribution in [2.24, 2.45) is 0 Å². The van der Waals surface area contributed by atoms with Gasteiger partial charge >= 0.3 is 0 Å². The van der Waals surface area contributed by atoms with Crippen LogP contribution in [0.3, 0.4) is 0 Å². The second-order valence-corrected chi connectivity index (χ2v) is 8.71. The highest BCUT2D eigenvalue weighted by atomic mass is 16.5. The molecule has 1 fully saturated rings. The zero-order chi connectivity index (χ0) is 24.2. The topological polar surface area (TPSA) is 76.7 Å². The molecule has 0 radical (unpaired) electrons. The molecule has 1 N–H and O–H groups in total. The third-order valence-electron chi connectivity index (χ3n) is 6.54. The fourth-order valence-corrected chi connectivity index (χ4v) is 4.51. The van der Waals surface area contributed by atoms with Crippen LogP contribution in [0.4, 0.5) is 0 Å². The van der Waals surface area contributed by atoms with Gasteiger partial charge in [0.15, 0.2) is 11.5 Å². The summed E-state index contributed by atoms with van der Waals surface area (Å²) in [7, 11) is 3.23. The summed E-state index contributed by atoms with van der Waals surface area (Å²) in [5, 5.41) is 0. The summed E-state index contributed by atoms with van der Waals surface area (Å²) in [4.78, 5) is 23.3. The van der Waals surface area contributed by atoms with Gasteiger partial charge in [0.1, 0.15) is 18.2 Å². The minimum absolute atomic E-state index is 0.00746. The minimum atomic E-state index is 0.00746. The molecular weight excluding hydrogens is 442 g/mol. The third kappa shape index (κ3) is 4.94. The van der Waals surface area contributed by atoms with Gasteiger partial charge in [-0.1, -0.05) is 24.3 Å². The number of H-pyrrole nitrogens is 1. The normalized spacial score (nSPS) is 14.2. The number of aromatic amines is 1. The van der Waals surface area contributed by atoms with Crippen LogP contribution in [0.5, 0.6) is 17.2 Å². The van der Waals surface area contributed by atoms with E-state index in [9.17, 15) is 4.79 Å². The Hall–Kier alpha value is -4.00. The van der Waals surface area contributed by atoms with Crippen molar-refractivity contribution in [3.8, 4) is 17.2 Å². The number of ether oxygens (including phenoxy) is 3. The Morgan fingerprint density at radius 2 is 1.74 bits per heavy atom. The fraction of sp³-hybridized carbons (Fsp3) is 0.286. The number of aromatic nitrogens is 2. The van der Waals surface area contributed by atoms with Gasteiger partial charge in [-0.3, -0.25) is 4.79 Å². The number of likely N-dealkylation sites (tertiary alicyclic amines) is 1. The number of rotatable bonds is 7. The van der Waals surface area contributed by atoms with Gasteiger partial charge in [0.2, 0.25) is 0 Å². The number of hydrogen-bond acceptors (Lipinski definition) is 5. The van der Waals surface area contributed by atoms with Gasteiger partial charge in [0, 0.05) is 24.6 Å².